The minimum atomic E-state index is -0.424. The van der Waals surface area contributed by atoms with Crippen molar-refractivity contribution in [3.63, 3.8) is 0 Å². The van der Waals surface area contributed by atoms with E-state index in [1.807, 2.05) is 0 Å². The Hall–Kier alpha value is -1.13. The Labute approximate surface area is 102 Å². The molecule has 1 heterocycles. The zero-order chi connectivity index (χ0) is 11.5. The van der Waals surface area contributed by atoms with Gasteiger partial charge in [-0.05, 0) is 6.07 Å². The number of alkyl halides is 1. The summed E-state index contributed by atoms with van der Waals surface area (Å²) in [6, 6.07) is 4.86. The van der Waals surface area contributed by atoms with Crippen LogP contribution in [0.2, 0.25) is 5.02 Å². The number of rotatable bonds is 3. The van der Waals surface area contributed by atoms with Crippen molar-refractivity contribution in [2.75, 3.05) is 0 Å². The highest BCUT2D eigenvalue weighted by Gasteiger charge is 2.07. The zero-order valence-corrected chi connectivity index (χ0v) is 9.71. The quantitative estimate of drug-likeness (QED) is 0.794. The Morgan fingerprint density at radius 3 is 2.88 bits per heavy atom. The highest BCUT2D eigenvalue weighted by Crippen LogP contribution is 2.18. The summed E-state index contributed by atoms with van der Waals surface area (Å²) >= 11 is 11.3. The van der Waals surface area contributed by atoms with Gasteiger partial charge in [-0.25, -0.2) is 9.07 Å². The Kier molecular flexibility index (Phi) is 3.41. The van der Waals surface area contributed by atoms with Gasteiger partial charge in [-0.3, -0.25) is 0 Å². The lowest BCUT2D eigenvalue weighted by Gasteiger charge is -2.03. The molecule has 0 saturated heterocycles. The number of hydrogen-bond acceptors (Lipinski definition) is 2. The summed E-state index contributed by atoms with van der Waals surface area (Å²) in [5.74, 6) is -0.134. The van der Waals surface area contributed by atoms with Gasteiger partial charge in [-0.15, -0.1) is 16.7 Å². The lowest BCUT2D eigenvalue weighted by atomic mass is 10.2. The molecular weight excluding hydrogens is 252 g/mol. The van der Waals surface area contributed by atoms with Crippen LogP contribution in [0.5, 0.6) is 0 Å². The van der Waals surface area contributed by atoms with Crippen molar-refractivity contribution < 1.29 is 4.39 Å². The van der Waals surface area contributed by atoms with E-state index in [2.05, 4.69) is 10.3 Å². The molecule has 0 amide bonds. The SMILES string of the molecule is Fc1c(Cl)cccc1Cn1cc(CCl)nn1. The lowest BCUT2D eigenvalue weighted by molar-refractivity contribution is 0.577. The van der Waals surface area contributed by atoms with E-state index in [1.54, 1.807) is 18.3 Å². The van der Waals surface area contributed by atoms with Crippen LogP contribution in [0.15, 0.2) is 24.4 Å². The van der Waals surface area contributed by atoms with Gasteiger partial charge < -0.3 is 0 Å². The molecule has 16 heavy (non-hydrogen) atoms. The molecule has 0 radical (unpaired) electrons. The van der Waals surface area contributed by atoms with Gasteiger partial charge in [0.25, 0.3) is 0 Å². The van der Waals surface area contributed by atoms with Crippen LogP contribution in [0.3, 0.4) is 0 Å². The van der Waals surface area contributed by atoms with E-state index in [-0.39, 0.29) is 17.4 Å². The molecule has 1 aromatic carbocycles. The second-order valence-corrected chi connectivity index (χ2v) is 3.93. The molecule has 1 aromatic heterocycles. The number of benzene rings is 1. The van der Waals surface area contributed by atoms with E-state index < -0.39 is 5.82 Å². The average Bonchev–Trinajstić information content (AvgIpc) is 2.73. The van der Waals surface area contributed by atoms with Crippen molar-refractivity contribution in [3.8, 4) is 0 Å². The summed E-state index contributed by atoms with van der Waals surface area (Å²) in [4.78, 5) is 0. The van der Waals surface area contributed by atoms with E-state index in [1.165, 1.54) is 10.7 Å². The fourth-order valence-electron chi connectivity index (χ4n) is 1.32. The van der Waals surface area contributed by atoms with E-state index >= 15 is 0 Å². The number of aromatic nitrogens is 3. The number of nitrogens with zero attached hydrogens (tertiary/aromatic N) is 3. The first-order valence-electron chi connectivity index (χ1n) is 4.58. The zero-order valence-electron chi connectivity index (χ0n) is 8.20. The molecule has 0 aliphatic carbocycles. The summed E-state index contributed by atoms with van der Waals surface area (Å²) in [5.41, 5.74) is 1.13. The molecule has 84 valence electrons. The van der Waals surface area contributed by atoms with Gasteiger partial charge in [-0.1, -0.05) is 28.9 Å². The van der Waals surface area contributed by atoms with Crippen molar-refractivity contribution in [2.45, 2.75) is 12.4 Å². The van der Waals surface area contributed by atoms with Gasteiger partial charge in [0, 0.05) is 5.56 Å². The predicted molar refractivity (Wildman–Crippen MR) is 60.1 cm³/mol. The molecule has 0 N–H and O–H groups in total. The third-order valence-electron chi connectivity index (χ3n) is 2.09. The first-order valence-corrected chi connectivity index (χ1v) is 5.50. The fraction of sp³-hybridized carbons (Fsp3) is 0.200. The fourth-order valence-corrected chi connectivity index (χ4v) is 1.64. The van der Waals surface area contributed by atoms with E-state index in [4.69, 9.17) is 23.2 Å². The van der Waals surface area contributed by atoms with Gasteiger partial charge in [-0.2, -0.15) is 0 Å². The van der Waals surface area contributed by atoms with Crippen LogP contribution < -0.4 is 0 Å². The normalized spacial score (nSPS) is 10.7. The molecule has 3 nitrogen and oxygen atoms in total. The van der Waals surface area contributed by atoms with Crippen LogP contribution in [0.25, 0.3) is 0 Å². The van der Waals surface area contributed by atoms with Gasteiger partial charge >= 0.3 is 0 Å². The van der Waals surface area contributed by atoms with Gasteiger partial charge in [0.2, 0.25) is 0 Å². The van der Waals surface area contributed by atoms with Crippen molar-refractivity contribution in [1.29, 1.82) is 0 Å². The van der Waals surface area contributed by atoms with Crippen LogP contribution in [0, 0.1) is 5.82 Å². The second-order valence-electron chi connectivity index (χ2n) is 3.25. The van der Waals surface area contributed by atoms with Gasteiger partial charge in [0.1, 0.15) is 5.82 Å². The topological polar surface area (TPSA) is 30.7 Å². The highest BCUT2D eigenvalue weighted by atomic mass is 35.5. The molecule has 2 rings (SSSR count). The lowest BCUT2D eigenvalue weighted by Crippen LogP contribution is -2.02. The largest absolute Gasteiger partial charge is 0.248 e. The Balaban J connectivity index is 2.23. The molecule has 0 fully saturated rings. The van der Waals surface area contributed by atoms with Crippen LogP contribution in [0.4, 0.5) is 4.39 Å². The maximum atomic E-state index is 13.6. The predicted octanol–water partition coefficient (Wildman–Crippen LogP) is 2.86. The standard InChI is InChI=1S/C10H8Cl2FN3/c11-4-8-6-16(15-14-8)5-7-2-1-3-9(12)10(7)13/h1-3,6H,4-5H2. The van der Waals surface area contributed by atoms with Crippen molar-refractivity contribution >= 4 is 23.2 Å². The number of halogens is 3. The summed E-state index contributed by atoms with van der Waals surface area (Å²) in [5, 5.41) is 7.74. The molecule has 6 heteroatoms. The molecule has 2 aromatic rings. The third-order valence-corrected chi connectivity index (χ3v) is 2.65. The van der Waals surface area contributed by atoms with Crippen LogP contribution in [-0.2, 0) is 12.4 Å². The molecule has 0 aliphatic rings. The van der Waals surface area contributed by atoms with Gasteiger partial charge in [0.05, 0.1) is 29.3 Å². The van der Waals surface area contributed by atoms with Crippen molar-refractivity contribution in [3.05, 3.63) is 46.5 Å². The van der Waals surface area contributed by atoms with Crippen LogP contribution in [-0.4, -0.2) is 15.0 Å². The van der Waals surface area contributed by atoms with Crippen molar-refractivity contribution in [1.82, 2.24) is 15.0 Å². The van der Waals surface area contributed by atoms with Crippen LogP contribution in [0.1, 0.15) is 11.3 Å². The molecule has 0 bridgehead atoms. The molecule has 0 spiro atoms. The first-order chi connectivity index (χ1) is 7.70. The molecule has 0 unspecified atom stereocenters. The monoisotopic (exact) mass is 259 g/mol. The third kappa shape index (κ3) is 2.33. The molecule has 0 atom stereocenters. The smallest absolute Gasteiger partial charge is 0.146 e. The molecule has 0 aliphatic heterocycles. The Bertz CT molecular complexity index is 499. The molecular formula is C10H8Cl2FN3. The Morgan fingerprint density at radius 2 is 2.19 bits per heavy atom. The van der Waals surface area contributed by atoms with E-state index in [0.717, 1.165) is 0 Å². The van der Waals surface area contributed by atoms with E-state index in [0.29, 0.717) is 11.3 Å². The first kappa shape index (κ1) is 11.4. The minimum Gasteiger partial charge on any atom is -0.248 e. The minimum absolute atomic E-state index is 0.107. The molecule has 0 saturated carbocycles. The number of hydrogen-bond donors (Lipinski definition) is 0. The maximum Gasteiger partial charge on any atom is 0.146 e. The average molecular weight is 260 g/mol. The summed E-state index contributed by atoms with van der Waals surface area (Å²) in [6.45, 7) is 0.288. The Morgan fingerprint density at radius 1 is 1.38 bits per heavy atom. The van der Waals surface area contributed by atoms with E-state index in [9.17, 15) is 4.39 Å². The van der Waals surface area contributed by atoms with Crippen LogP contribution >= 0.6 is 23.2 Å². The second kappa shape index (κ2) is 4.80. The summed E-state index contributed by atoms with van der Waals surface area (Å²) < 4.78 is 15.1. The maximum absolute atomic E-state index is 13.6. The van der Waals surface area contributed by atoms with Crippen molar-refractivity contribution in [2.24, 2.45) is 0 Å². The summed E-state index contributed by atoms with van der Waals surface area (Å²) in [7, 11) is 0. The highest BCUT2D eigenvalue weighted by molar-refractivity contribution is 6.30. The summed E-state index contributed by atoms with van der Waals surface area (Å²) in [6.07, 6.45) is 1.67. The van der Waals surface area contributed by atoms with Gasteiger partial charge in [0.15, 0.2) is 0 Å².